The molecule has 3 aromatic rings. The second-order valence-electron chi connectivity index (χ2n) is 12.6. The zero-order valence-electron chi connectivity index (χ0n) is 28.8. The van der Waals surface area contributed by atoms with Gasteiger partial charge < -0.3 is 40.4 Å². The van der Waals surface area contributed by atoms with Gasteiger partial charge in [0.15, 0.2) is 11.5 Å². The molecule has 270 valence electrons. The molecular formula is C34H46N8O8. The highest BCUT2D eigenvalue weighted by Gasteiger charge is 2.30. The first kappa shape index (κ1) is 37.6. The fourth-order valence-electron chi connectivity index (χ4n) is 5.41. The van der Waals surface area contributed by atoms with Gasteiger partial charge in [-0.05, 0) is 62.8 Å². The SMILES string of the molecule is COc1ccc2cc1OCc1cn(nn1)CCCN(C(=O)c1ccc(=O)[nH]c1)CCCCNC(=O)[C@H]([C@@H](C)O)NC(=O)[C@@H](CC(C)C)NC2=O. The minimum atomic E-state index is -1.27. The number of aromatic nitrogens is 4. The Kier molecular flexibility index (Phi) is 13.5. The van der Waals surface area contributed by atoms with Crippen LogP contribution in [0.2, 0.25) is 0 Å². The standard InChI is InChI=1S/C34H46N8O8/c1-21(2)16-26-32(46)38-30(22(3)43)33(47)35-12-5-6-13-41(34(48)24-9-11-29(44)36-18-24)14-7-15-42-19-25(39-40-42)20-50-28-17-23(31(45)37-26)8-10-27(28)49-4/h8-11,17-19,21-22,26,30,43H,5-7,12-16,20H2,1-4H3,(H,35,47)(H,36,44)(H,37,45)(H,38,46)/t22-,26-,30+/m1/s1. The van der Waals surface area contributed by atoms with Crippen LogP contribution in [0.4, 0.5) is 0 Å². The molecule has 1 aromatic carbocycles. The molecular weight excluding hydrogens is 648 g/mol. The van der Waals surface area contributed by atoms with Crippen molar-refractivity contribution in [1.29, 1.82) is 0 Å². The Balaban J connectivity index is 1.58. The van der Waals surface area contributed by atoms with Crippen molar-refractivity contribution in [1.82, 2.24) is 40.8 Å². The number of fused-ring (bicyclic) bond motifs is 4. The van der Waals surface area contributed by atoms with Crippen molar-refractivity contribution < 1.29 is 33.8 Å². The lowest BCUT2D eigenvalue weighted by Gasteiger charge is -2.26. The Hall–Kier alpha value is -5.25. The molecule has 0 aliphatic carbocycles. The predicted molar refractivity (Wildman–Crippen MR) is 181 cm³/mol. The maximum atomic E-state index is 13.4. The number of hydrogen-bond donors (Lipinski definition) is 5. The third kappa shape index (κ3) is 10.6. The monoisotopic (exact) mass is 694 g/mol. The number of aryl methyl sites for hydroxylation is 1. The number of hydrogen-bond acceptors (Lipinski definition) is 10. The molecule has 0 fully saturated rings. The van der Waals surface area contributed by atoms with Crippen LogP contribution < -0.4 is 31.0 Å². The van der Waals surface area contributed by atoms with Crippen molar-refractivity contribution >= 4 is 23.6 Å². The minimum absolute atomic E-state index is 0.00974. The van der Waals surface area contributed by atoms with Gasteiger partial charge in [0.25, 0.3) is 11.8 Å². The first-order chi connectivity index (χ1) is 23.9. The van der Waals surface area contributed by atoms with Gasteiger partial charge in [-0.2, -0.15) is 0 Å². The van der Waals surface area contributed by atoms with Crippen LogP contribution in [0.25, 0.3) is 0 Å². The normalized spacial score (nSPS) is 19.3. The van der Waals surface area contributed by atoms with Gasteiger partial charge in [0.1, 0.15) is 24.4 Å². The van der Waals surface area contributed by atoms with Crippen molar-refractivity contribution in [2.45, 2.75) is 77.8 Å². The molecule has 16 heteroatoms. The van der Waals surface area contributed by atoms with Crippen LogP contribution in [-0.4, -0.2) is 98.5 Å². The van der Waals surface area contributed by atoms with E-state index in [0.29, 0.717) is 55.9 Å². The fourth-order valence-corrected chi connectivity index (χ4v) is 5.41. The van der Waals surface area contributed by atoms with E-state index in [1.54, 1.807) is 27.9 Å². The van der Waals surface area contributed by atoms with Crippen molar-refractivity contribution in [2.75, 3.05) is 26.7 Å². The largest absolute Gasteiger partial charge is 0.493 e. The maximum Gasteiger partial charge on any atom is 0.255 e. The topological polar surface area (TPSA) is 210 Å². The molecule has 16 nitrogen and oxygen atoms in total. The number of pyridine rings is 1. The number of carbonyl (C=O) groups is 4. The molecule has 2 aromatic heterocycles. The number of carbonyl (C=O) groups excluding carboxylic acids is 4. The van der Waals surface area contributed by atoms with E-state index in [4.69, 9.17) is 9.47 Å². The summed E-state index contributed by atoms with van der Waals surface area (Å²) in [6.45, 7) is 6.67. The van der Waals surface area contributed by atoms with Crippen LogP contribution in [0.1, 0.15) is 72.9 Å². The van der Waals surface area contributed by atoms with Crippen LogP contribution in [0.5, 0.6) is 11.5 Å². The number of aromatic amines is 1. The van der Waals surface area contributed by atoms with Gasteiger partial charge in [0.05, 0.1) is 25.0 Å². The molecule has 4 rings (SSSR count). The van der Waals surface area contributed by atoms with Crippen molar-refractivity contribution in [2.24, 2.45) is 5.92 Å². The Morgan fingerprint density at radius 2 is 1.80 bits per heavy atom. The smallest absolute Gasteiger partial charge is 0.255 e. The number of aliphatic hydroxyl groups excluding tert-OH is 1. The summed E-state index contributed by atoms with van der Waals surface area (Å²) in [5.41, 5.74) is 0.769. The fraction of sp³-hybridized carbons (Fsp3) is 0.500. The first-order valence-electron chi connectivity index (χ1n) is 16.7. The van der Waals surface area contributed by atoms with Gasteiger partial charge >= 0.3 is 0 Å². The third-order valence-electron chi connectivity index (χ3n) is 8.07. The summed E-state index contributed by atoms with van der Waals surface area (Å²) in [4.78, 5) is 69.1. The van der Waals surface area contributed by atoms with Gasteiger partial charge in [0, 0.05) is 44.0 Å². The zero-order chi connectivity index (χ0) is 36.2. The van der Waals surface area contributed by atoms with Crippen molar-refractivity contribution in [3.63, 3.8) is 0 Å². The molecule has 5 N–H and O–H groups in total. The number of benzene rings is 1. The summed E-state index contributed by atoms with van der Waals surface area (Å²) in [6, 6.07) is 5.12. The number of ether oxygens (including phenoxy) is 2. The van der Waals surface area contributed by atoms with E-state index in [1.165, 1.54) is 38.4 Å². The molecule has 1 aliphatic rings. The quantitative estimate of drug-likeness (QED) is 0.256. The molecule has 4 bridgehead atoms. The van der Waals surface area contributed by atoms with Gasteiger partial charge in [-0.3, -0.25) is 28.7 Å². The number of methoxy groups -OCH3 is 1. The number of rotatable bonds is 5. The molecule has 4 amide bonds. The zero-order valence-corrected chi connectivity index (χ0v) is 28.8. The van der Waals surface area contributed by atoms with Crippen LogP contribution >= 0.6 is 0 Å². The Bertz CT molecular complexity index is 1670. The molecule has 0 saturated carbocycles. The minimum Gasteiger partial charge on any atom is -0.493 e. The van der Waals surface area contributed by atoms with E-state index in [-0.39, 0.29) is 48.3 Å². The van der Waals surface area contributed by atoms with E-state index < -0.39 is 35.9 Å². The second-order valence-corrected chi connectivity index (χ2v) is 12.6. The number of H-pyrrole nitrogens is 1. The molecule has 0 spiro atoms. The molecule has 50 heavy (non-hydrogen) atoms. The van der Waals surface area contributed by atoms with Gasteiger partial charge in [-0.25, -0.2) is 0 Å². The van der Waals surface area contributed by atoms with Crippen molar-refractivity contribution in [3.05, 3.63) is 69.9 Å². The summed E-state index contributed by atoms with van der Waals surface area (Å²) >= 11 is 0. The number of nitrogens with one attached hydrogen (secondary N) is 4. The van der Waals surface area contributed by atoms with E-state index in [0.717, 1.165) is 0 Å². The maximum absolute atomic E-state index is 13.4. The van der Waals surface area contributed by atoms with Crippen LogP contribution in [0, 0.1) is 5.92 Å². The number of amides is 4. The van der Waals surface area contributed by atoms with Gasteiger partial charge in [0.2, 0.25) is 17.4 Å². The summed E-state index contributed by atoms with van der Waals surface area (Å²) < 4.78 is 13.0. The Labute approximate surface area is 289 Å². The highest BCUT2D eigenvalue weighted by Crippen LogP contribution is 2.29. The number of nitrogens with zero attached hydrogens (tertiary/aromatic N) is 4. The summed E-state index contributed by atoms with van der Waals surface area (Å²) in [5.74, 6) is -1.33. The summed E-state index contributed by atoms with van der Waals surface area (Å²) in [5, 5.41) is 26.9. The Morgan fingerprint density at radius 1 is 1.02 bits per heavy atom. The van der Waals surface area contributed by atoms with Crippen molar-refractivity contribution in [3.8, 4) is 11.5 Å². The first-order valence-corrected chi connectivity index (χ1v) is 16.7. The Morgan fingerprint density at radius 3 is 2.50 bits per heavy atom. The van der Waals surface area contributed by atoms with Crippen LogP contribution in [0.15, 0.2) is 47.5 Å². The van der Waals surface area contributed by atoms with E-state index in [9.17, 15) is 29.1 Å². The lowest BCUT2D eigenvalue weighted by Crippen LogP contribution is -2.57. The van der Waals surface area contributed by atoms with E-state index in [1.807, 2.05) is 13.8 Å². The highest BCUT2D eigenvalue weighted by molar-refractivity contribution is 5.99. The molecule has 0 saturated heterocycles. The molecule has 3 atom stereocenters. The molecule has 1 aliphatic heterocycles. The van der Waals surface area contributed by atoms with Crippen LogP contribution in [0.3, 0.4) is 0 Å². The molecule has 0 radical (unpaired) electrons. The van der Waals surface area contributed by atoms with Gasteiger partial charge in [-0.1, -0.05) is 19.1 Å². The summed E-state index contributed by atoms with van der Waals surface area (Å²) in [6.07, 6.45) is 3.76. The third-order valence-corrected chi connectivity index (χ3v) is 8.07. The molecule has 0 unspecified atom stereocenters. The van der Waals surface area contributed by atoms with Crippen LogP contribution in [-0.2, 0) is 22.7 Å². The van der Waals surface area contributed by atoms with Gasteiger partial charge in [-0.15, -0.1) is 5.10 Å². The lowest BCUT2D eigenvalue weighted by atomic mass is 10.0. The van der Waals surface area contributed by atoms with E-state index >= 15 is 0 Å². The molecule has 3 heterocycles. The second kappa shape index (κ2) is 17.9. The average molecular weight is 695 g/mol. The lowest BCUT2D eigenvalue weighted by molar-refractivity contribution is -0.132. The summed E-state index contributed by atoms with van der Waals surface area (Å²) in [7, 11) is 1.47. The average Bonchev–Trinajstić information content (AvgIpc) is 3.54. The van der Waals surface area contributed by atoms with E-state index in [2.05, 4.69) is 31.2 Å². The highest BCUT2D eigenvalue weighted by atomic mass is 16.5. The predicted octanol–water partition coefficient (Wildman–Crippen LogP) is 1.01. The number of aliphatic hydroxyl groups is 1.